The van der Waals surface area contributed by atoms with Crippen LogP contribution >= 0.6 is 7.92 Å². The molecular formula is C23H21OP. The van der Waals surface area contributed by atoms with E-state index in [1.54, 1.807) is 13.8 Å². The average molecular weight is 344 g/mol. The Balaban J connectivity index is 1.98. The molecule has 0 aromatic heterocycles. The van der Waals surface area contributed by atoms with E-state index in [2.05, 4.69) is 84.6 Å². The fourth-order valence-corrected chi connectivity index (χ4v) is 4.80. The van der Waals surface area contributed by atoms with Crippen molar-refractivity contribution in [3.05, 3.63) is 90.5 Å². The Kier molecular flexibility index (Phi) is 5.34. The first-order chi connectivity index (χ1) is 12.0. The van der Waals surface area contributed by atoms with E-state index in [9.17, 15) is 5.11 Å². The molecule has 124 valence electrons. The molecule has 1 nitrogen and oxygen atoms in total. The zero-order valence-electron chi connectivity index (χ0n) is 14.5. The first-order valence-electron chi connectivity index (χ1n) is 8.29. The molecular weight excluding hydrogens is 323 g/mol. The second-order valence-corrected chi connectivity index (χ2v) is 8.58. The summed E-state index contributed by atoms with van der Waals surface area (Å²) in [6.45, 7) is 3.39. The molecule has 0 unspecified atom stereocenters. The van der Waals surface area contributed by atoms with Gasteiger partial charge in [-0.2, -0.15) is 0 Å². The van der Waals surface area contributed by atoms with Gasteiger partial charge in [0.05, 0.1) is 0 Å². The van der Waals surface area contributed by atoms with E-state index in [0.717, 1.165) is 5.56 Å². The van der Waals surface area contributed by atoms with E-state index in [4.69, 9.17) is 0 Å². The van der Waals surface area contributed by atoms with Gasteiger partial charge in [-0.05, 0) is 49.8 Å². The lowest BCUT2D eigenvalue weighted by atomic mass is 10.1. The molecule has 0 aliphatic rings. The van der Waals surface area contributed by atoms with Gasteiger partial charge in [-0.25, -0.2) is 0 Å². The average Bonchev–Trinajstić information content (AvgIpc) is 2.62. The minimum atomic E-state index is -0.973. The fourth-order valence-electron chi connectivity index (χ4n) is 2.52. The van der Waals surface area contributed by atoms with E-state index >= 15 is 0 Å². The van der Waals surface area contributed by atoms with Gasteiger partial charge in [-0.3, -0.25) is 0 Å². The highest BCUT2D eigenvalue weighted by Gasteiger charge is 2.15. The molecule has 3 aromatic carbocycles. The van der Waals surface area contributed by atoms with Crippen LogP contribution in [0.25, 0.3) is 0 Å². The number of rotatable bonds is 3. The Morgan fingerprint density at radius 2 is 1.12 bits per heavy atom. The molecule has 3 rings (SSSR count). The summed E-state index contributed by atoms with van der Waals surface area (Å²) < 4.78 is 0. The Bertz CT molecular complexity index is 827. The van der Waals surface area contributed by atoms with Crippen LogP contribution in [-0.2, 0) is 0 Å². The van der Waals surface area contributed by atoms with Crippen LogP contribution in [-0.4, -0.2) is 10.7 Å². The van der Waals surface area contributed by atoms with Crippen molar-refractivity contribution in [2.45, 2.75) is 19.4 Å². The normalized spacial score (nSPS) is 11.0. The van der Waals surface area contributed by atoms with E-state index in [0.29, 0.717) is 0 Å². The molecule has 0 atom stereocenters. The summed E-state index contributed by atoms with van der Waals surface area (Å²) in [6, 6.07) is 29.6. The standard InChI is InChI=1S/C23H21OP/c1-23(2,24)18-17-19-13-15-22(16-14-19)25(20-9-5-3-6-10-20)21-11-7-4-8-12-21/h3-16,24H,1-2H3. The summed E-state index contributed by atoms with van der Waals surface area (Å²) in [5.41, 5.74) is -0.0544. The Morgan fingerprint density at radius 3 is 1.56 bits per heavy atom. The van der Waals surface area contributed by atoms with Gasteiger partial charge in [0.2, 0.25) is 0 Å². The fraction of sp³-hybridized carbons (Fsp3) is 0.130. The zero-order valence-corrected chi connectivity index (χ0v) is 15.4. The molecule has 0 spiro atoms. The highest BCUT2D eigenvalue weighted by molar-refractivity contribution is 7.79. The Morgan fingerprint density at radius 1 is 0.680 bits per heavy atom. The van der Waals surface area contributed by atoms with E-state index in [1.165, 1.54) is 15.9 Å². The third-order valence-electron chi connectivity index (χ3n) is 3.67. The summed E-state index contributed by atoms with van der Waals surface area (Å²) in [4.78, 5) is 0. The first-order valence-corrected chi connectivity index (χ1v) is 9.63. The molecule has 0 fully saturated rings. The predicted octanol–water partition coefficient (Wildman–Crippen LogP) is 3.57. The Hall–Kier alpha value is -2.39. The van der Waals surface area contributed by atoms with Gasteiger partial charge in [0.1, 0.15) is 5.60 Å². The molecule has 3 aromatic rings. The third-order valence-corrected chi connectivity index (χ3v) is 6.11. The maximum absolute atomic E-state index is 9.75. The lowest BCUT2D eigenvalue weighted by molar-refractivity contribution is 0.143. The zero-order chi connectivity index (χ0) is 17.7. The van der Waals surface area contributed by atoms with Crippen molar-refractivity contribution in [2.24, 2.45) is 0 Å². The smallest absolute Gasteiger partial charge is 0.120 e. The second kappa shape index (κ2) is 7.66. The first kappa shape index (κ1) is 17.4. The Labute approximate surface area is 151 Å². The van der Waals surface area contributed by atoms with Gasteiger partial charge in [0.25, 0.3) is 0 Å². The summed E-state index contributed by atoms with van der Waals surface area (Å²) in [5, 5.41) is 13.7. The predicted molar refractivity (Wildman–Crippen MR) is 108 cm³/mol. The molecule has 1 N–H and O–H groups in total. The van der Waals surface area contributed by atoms with Gasteiger partial charge in [-0.1, -0.05) is 84.6 Å². The molecule has 0 aliphatic heterocycles. The van der Waals surface area contributed by atoms with Crippen molar-refractivity contribution in [3.63, 3.8) is 0 Å². The van der Waals surface area contributed by atoms with Crippen molar-refractivity contribution in [1.82, 2.24) is 0 Å². The molecule has 0 bridgehead atoms. The van der Waals surface area contributed by atoms with Crippen molar-refractivity contribution >= 4 is 23.8 Å². The summed E-state index contributed by atoms with van der Waals surface area (Å²) in [7, 11) is -0.588. The van der Waals surface area contributed by atoms with Gasteiger partial charge in [0.15, 0.2) is 0 Å². The van der Waals surface area contributed by atoms with Crippen molar-refractivity contribution in [2.75, 3.05) is 0 Å². The number of hydrogen-bond donors (Lipinski definition) is 1. The lowest BCUT2D eigenvalue weighted by Gasteiger charge is -2.19. The molecule has 25 heavy (non-hydrogen) atoms. The van der Waals surface area contributed by atoms with Crippen LogP contribution < -0.4 is 15.9 Å². The highest BCUT2D eigenvalue weighted by atomic mass is 31.1. The van der Waals surface area contributed by atoms with Crippen molar-refractivity contribution in [1.29, 1.82) is 0 Å². The van der Waals surface area contributed by atoms with Crippen LogP contribution in [0.4, 0.5) is 0 Å². The highest BCUT2D eigenvalue weighted by Crippen LogP contribution is 2.32. The topological polar surface area (TPSA) is 20.2 Å². The quantitative estimate of drug-likeness (QED) is 0.569. The largest absolute Gasteiger partial charge is 0.378 e. The molecule has 0 heterocycles. The van der Waals surface area contributed by atoms with Crippen LogP contribution in [0.3, 0.4) is 0 Å². The van der Waals surface area contributed by atoms with E-state index in [-0.39, 0.29) is 0 Å². The second-order valence-electron chi connectivity index (χ2n) is 6.36. The maximum Gasteiger partial charge on any atom is 0.120 e. The van der Waals surface area contributed by atoms with Crippen molar-refractivity contribution in [3.8, 4) is 11.8 Å². The molecule has 2 heteroatoms. The van der Waals surface area contributed by atoms with E-state index < -0.39 is 13.5 Å². The third kappa shape index (κ3) is 4.80. The summed E-state index contributed by atoms with van der Waals surface area (Å²) in [5.74, 6) is 5.90. The minimum absolute atomic E-state index is 0.588. The number of hydrogen-bond acceptors (Lipinski definition) is 1. The number of benzene rings is 3. The lowest BCUT2D eigenvalue weighted by Crippen LogP contribution is -2.20. The van der Waals surface area contributed by atoms with Crippen LogP contribution in [0, 0.1) is 11.8 Å². The monoisotopic (exact) mass is 344 g/mol. The van der Waals surface area contributed by atoms with Crippen LogP contribution in [0.15, 0.2) is 84.9 Å². The molecule has 0 radical (unpaired) electrons. The van der Waals surface area contributed by atoms with Gasteiger partial charge in [-0.15, -0.1) is 0 Å². The minimum Gasteiger partial charge on any atom is -0.378 e. The van der Waals surface area contributed by atoms with Gasteiger partial charge in [0, 0.05) is 5.56 Å². The van der Waals surface area contributed by atoms with Crippen LogP contribution in [0.5, 0.6) is 0 Å². The van der Waals surface area contributed by atoms with E-state index in [1.807, 2.05) is 12.1 Å². The molecule has 0 aliphatic carbocycles. The molecule has 0 saturated heterocycles. The maximum atomic E-state index is 9.75. The van der Waals surface area contributed by atoms with Gasteiger partial charge < -0.3 is 5.11 Å². The van der Waals surface area contributed by atoms with Crippen LogP contribution in [0.2, 0.25) is 0 Å². The number of aliphatic hydroxyl groups is 1. The van der Waals surface area contributed by atoms with Crippen molar-refractivity contribution < 1.29 is 5.11 Å². The summed E-state index contributed by atoms with van der Waals surface area (Å²) in [6.07, 6.45) is 0. The van der Waals surface area contributed by atoms with Gasteiger partial charge >= 0.3 is 0 Å². The van der Waals surface area contributed by atoms with Crippen LogP contribution in [0.1, 0.15) is 19.4 Å². The summed E-state index contributed by atoms with van der Waals surface area (Å²) >= 11 is 0. The molecule has 0 saturated carbocycles. The SMILES string of the molecule is CC(C)(O)C#Cc1ccc(P(c2ccccc2)c2ccccc2)cc1. The molecule has 0 amide bonds.